The van der Waals surface area contributed by atoms with Gasteiger partial charge < -0.3 is 4.90 Å². The highest BCUT2D eigenvalue weighted by atomic mass is 16.2. The van der Waals surface area contributed by atoms with Crippen molar-refractivity contribution in [3.05, 3.63) is 125 Å². The standard InChI is InChI=1S/C52H56N2O2/c1-12-53-47(55)41-26-24-38-36-14-13-15-40-43(29-28-37(44(36)40)39-25-27-42(48(53)56)46(41)45(38)39)54(34-20-16-32(17-21-34)51(8,9)30-49(2,3)4)35-22-18-33(19-23-35)52(10,11)31-50(5,6)7/h13-29H,12,30-31H2,1-11H3. The van der Waals surface area contributed by atoms with Crippen LogP contribution in [0.5, 0.6) is 0 Å². The zero-order valence-corrected chi connectivity index (χ0v) is 35.1. The number of anilines is 3. The van der Waals surface area contributed by atoms with Gasteiger partial charge in [0.05, 0.1) is 5.69 Å². The lowest BCUT2D eigenvalue weighted by Crippen LogP contribution is -2.40. The van der Waals surface area contributed by atoms with E-state index < -0.39 is 0 Å². The lowest BCUT2D eigenvalue weighted by Gasteiger charge is -2.34. The number of nitrogens with zero attached hydrogens (tertiary/aromatic N) is 2. The Labute approximate surface area is 332 Å². The Morgan fingerprint density at radius 3 is 1.32 bits per heavy atom. The van der Waals surface area contributed by atoms with E-state index in [1.54, 1.807) is 0 Å². The van der Waals surface area contributed by atoms with Gasteiger partial charge in [-0.25, -0.2) is 0 Å². The molecule has 0 spiro atoms. The van der Waals surface area contributed by atoms with Crippen LogP contribution >= 0.6 is 0 Å². The van der Waals surface area contributed by atoms with Gasteiger partial charge in [-0.3, -0.25) is 14.5 Å². The second-order valence-electron chi connectivity index (χ2n) is 20.0. The topological polar surface area (TPSA) is 40.6 Å². The van der Waals surface area contributed by atoms with Crippen molar-refractivity contribution in [2.24, 2.45) is 10.8 Å². The summed E-state index contributed by atoms with van der Waals surface area (Å²) in [4.78, 5) is 30.9. The molecule has 8 rings (SSSR count). The average molecular weight is 741 g/mol. The summed E-state index contributed by atoms with van der Waals surface area (Å²) in [5.41, 5.74) is 7.67. The summed E-state index contributed by atoms with van der Waals surface area (Å²) in [6.45, 7) is 25.5. The smallest absolute Gasteiger partial charge is 0.261 e. The Balaban J connectivity index is 1.34. The largest absolute Gasteiger partial charge is 0.310 e. The summed E-state index contributed by atoms with van der Waals surface area (Å²) in [5, 5.41) is 8.45. The van der Waals surface area contributed by atoms with E-state index in [1.807, 2.05) is 19.1 Å². The second-order valence-corrected chi connectivity index (χ2v) is 20.0. The number of carbonyl (C=O) groups excluding carboxylic acids is 2. The van der Waals surface area contributed by atoms with Gasteiger partial charge in [0.1, 0.15) is 0 Å². The Morgan fingerprint density at radius 1 is 0.464 bits per heavy atom. The van der Waals surface area contributed by atoms with Gasteiger partial charge in [0.2, 0.25) is 0 Å². The first kappa shape index (κ1) is 37.7. The molecule has 0 unspecified atom stereocenters. The molecular formula is C52H56N2O2. The van der Waals surface area contributed by atoms with Crippen molar-refractivity contribution in [2.75, 3.05) is 11.4 Å². The Kier molecular flexibility index (Phi) is 8.69. The molecule has 7 aromatic carbocycles. The summed E-state index contributed by atoms with van der Waals surface area (Å²) < 4.78 is 0. The third kappa shape index (κ3) is 6.22. The third-order valence-corrected chi connectivity index (χ3v) is 12.0. The van der Waals surface area contributed by atoms with E-state index in [4.69, 9.17) is 0 Å². The van der Waals surface area contributed by atoms with Gasteiger partial charge in [-0.1, -0.05) is 130 Å². The average Bonchev–Trinajstić information content (AvgIpc) is 3.12. The van der Waals surface area contributed by atoms with Crippen LogP contribution in [0.4, 0.5) is 17.1 Å². The molecule has 0 aliphatic carbocycles. The molecular weight excluding hydrogens is 685 g/mol. The molecule has 0 aromatic heterocycles. The van der Waals surface area contributed by atoms with Crippen LogP contribution in [0, 0.1) is 10.8 Å². The van der Waals surface area contributed by atoms with Gasteiger partial charge in [0.15, 0.2) is 0 Å². The second kappa shape index (κ2) is 12.9. The third-order valence-electron chi connectivity index (χ3n) is 12.0. The highest BCUT2D eigenvalue weighted by Crippen LogP contribution is 2.48. The summed E-state index contributed by atoms with van der Waals surface area (Å²) in [5.74, 6) is -0.436. The van der Waals surface area contributed by atoms with E-state index in [9.17, 15) is 9.59 Å². The molecule has 0 N–H and O–H groups in total. The molecule has 0 saturated carbocycles. The van der Waals surface area contributed by atoms with Crippen LogP contribution in [0.25, 0.3) is 43.1 Å². The SMILES string of the molecule is CCN1C(=O)c2ccc3c4cccc5c(N(c6ccc(C(C)(C)CC(C)(C)C)cc6)c6ccc(C(C)(C)CC(C)(C)C)cc6)ccc(c6ccc(c2c36)C1=O)c54. The maximum absolute atomic E-state index is 13.6. The normalized spacial score (nSPS) is 14.2. The monoisotopic (exact) mass is 740 g/mol. The van der Waals surface area contributed by atoms with Crippen LogP contribution < -0.4 is 4.90 Å². The van der Waals surface area contributed by atoms with Gasteiger partial charge in [-0.15, -0.1) is 0 Å². The van der Waals surface area contributed by atoms with E-state index in [-0.39, 0.29) is 33.5 Å². The van der Waals surface area contributed by atoms with Gasteiger partial charge in [-0.05, 0) is 127 Å². The van der Waals surface area contributed by atoms with Crippen LogP contribution in [-0.2, 0) is 10.8 Å². The minimum Gasteiger partial charge on any atom is -0.310 e. The Bertz CT molecular complexity index is 2530. The minimum absolute atomic E-state index is 0.0286. The molecule has 0 radical (unpaired) electrons. The number of benzene rings is 7. The predicted molar refractivity (Wildman–Crippen MR) is 238 cm³/mol. The number of imide groups is 1. The molecule has 0 bridgehead atoms. The number of carbonyl (C=O) groups is 2. The predicted octanol–water partition coefficient (Wildman–Crippen LogP) is 14.3. The molecule has 4 heteroatoms. The highest BCUT2D eigenvalue weighted by Gasteiger charge is 2.34. The van der Waals surface area contributed by atoms with E-state index in [0.29, 0.717) is 17.7 Å². The lowest BCUT2D eigenvalue weighted by molar-refractivity contribution is 0.0619. The van der Waals surface area contributed by atoms with Crippen LogP contribution in [0.2, 0.25) is 0 Å². The van der Waals surface area contributed by atoms with Crippen LogP contribution in [0.1, 0.15) is 121 Å². The summed E-state index contributed by atoms with van der Waals surface area (Å²) >= 11 is 0. The highest BCUT2D eigenvalue weighted by molar-refractivity contribution is 6.39. The fraction of sp³-hybridized carbons (Fsp3) is 0.346. The van der Waals surface area contributed by atoms with Gasteiger partial charge >= 0.3 is 0 Å². The molecule has 0 fully saturated rings. The van der Waals surface area contributed by atoms with Gasteiger partial charge in [-0.2, -0.15) is 0 Å². The number of amides is 2. The minimum atomic E-state index is -0.218. The quantitative estimate of drug-likeness (QED) is 0.0885. The molecule has 1 heterocycles. The summed E-state index contributed by atoms with van der Waals surface area (Å²) in [6.07, 6.45) is 2.17. The summed E-state index contributed by atoms with van der Waals surface area (Å²) in [7, 11) is 0. The van der Waals surface area contributed by atoms with Gasteiger partial charge in [0, 0.05) is 39.8 Å². The van der Waals surface area contributed by atoms with E-state index in [0.717, 1.165) is 67.6 Å². The molecule has 7 aromatic rings. The zero-order chi connectivity index (χ0) is 40.1. The molecule has 0 atom stereocenters. The molecule has 2 amide bonds. The fourth-order valence-electron chi connectivity index (χ4n) is 10.4. The number of hydrogen-bond donors (Lipinski definition) is 0. The van der Waals surface area contributed by atoms with Crippen molar-refractivity contribution in [3.63, 3.8) is 0 Å². The Morgan fingerprint density at radius 2 is 0.875 bits per heavy atom. The van der Waals surface area contributed by atoms with Crippen LogP contribution in [-0.4, -0.2) is 23.3 Å². The summed E-state index contributed by atoms with van der Waals surface area (Å²) in [6, 6.07) is 37.5. The van der Waals surface area contributed by atoms with Crippen molar-refractivity contribution < 1.29 is 9.59 Å². The van der Waals surface area contributed by atoms with Gasteiger partial charge in [0.25, 0.3) is 11.8 Å². The van der Waals surface area contributed by atoms with E-state index in [2.05, 4.69) is 165 Å². The van der Waals surface area contributed by atoms with E-state index in [1.165, 1.54) is 21.4 Å². The molecule has 1 aliphatic heterocycles. The molecule has 0 saturated heterocycles. The number of fused-ring (bicyclic) bond motifs is 2. The zero-order valence-electron chi connectivity index (χ0n) is 35.1. The Hall–Kier alpha value is -5.22. The lowest BCUT2D eigenvalue weighted by atomic mass is 9.72. The number of rotatable bonds is 8. The van der Waals surface area contributed by atoms with Crippen LogP contribution in [0.15, 0.2) is 103 Å². The maximum Gasteiger partial charge on any atom is 0.261 e. The van der Waals surface area contributed by atoms with Crippen LogP contribution in [0.3, 0.4) is 0 Å². The first-order valence-corrected chi connectivity index (χ1v) is 20.3. The fourth-order valence-corrected chi connectivity index (χ4v) is 10.4. The first-order chi connectivity index (χ1) is 26.3. The first-order valence-electron chi connectivity index (χ1n) is 20.3. The number of hydrogen-bond acceptors (Lipinski definition) is 3. The van der Waals surface area contributed by atoms with Crippen molar-refractivity contribution in [3.8, 4) is 0 Å². The van der Waals surface area contributed by atoms with Crippen molar-refractivity contribution in [1.82, 2.24) is 4.90 Å². The maximum atomic E-state index is 13.6. The molecule has 286 valence electrons. The molecule has 56 heavy (non-hydrogen) atoms. The van der Waals surface area contributed by atoms with Crippen molar-refractivity contribution in [1.29, 1.82) is 0 Å². The molecule has 1 aliphatic rings. The molecule has 4 nitrogen and oxygen atoms in total. The van der Waals surface area contributed by atoms with Crippen molar-refractivity contribution in [2.45, 2.75) is 99.8 Å². The van der Waals surface area contributed by atoms with E-state index >= 15 is 0 Å². The van der Waals surface area contributed by atoms with Crippen molar-refractivity contribution >= 4 is 72.0 Å².